The maximum atomic E-state index is 12.7. The molecule has 0 aliphatic carbocycles. The Hall–Kier alpha value is -2.39. The van der Waals surface area contributed by atoms with Crippen LogP contribution in [-0.4, -0.2) is 51.7 Å². The van der Waals surface area contributed by atoms with E-state index in [1.54, 1.807) is 6.92 Å². The van der Waals surface area contributed by atoms with Crippen LogP contribution in [0.4, 0.5) is 0 Å². The number of fused-ring (bicyclic) bond motifs is 1. The number of hydrogen-bond donors (Lipinski definition) is 1. The zero-order valence-electron chi connectivity index (χ0n) is 17.1. The Balaban J connectivity index is 1.63. The quantitative estimate of drug-likeness (QED) is 0.608. The zero-order valence-corrected chi connectivity index (χ0v) is 18.8. The number of nitrogens with zero attached hydrogens (tertiary/aromatic N) is 3. The molecule has 1 aromatic carbocycles. The SMILES string of the molecule is Cc1cc(C)c2c(-c3ccccc3)nc(S[C@@H](C)C(=O)N[C@@H]3CCS(=O)(=O)C3)n2n1. The molecule has 9 heteroatoms. The summed E-state index contributed by atoms with van der Waals surface area (Å²) in [4.78, 5) is 17.5. The van der Waals surface area contributed by atoms with Crippen molar-refractivity contribution in [1.29, 1.82) is 0 Å². The molecule has 0 spiro atoms. The Kier molecular flexibility index (Phi) is 5.59. The Morgan fingerprint density at radius 2 is 2.00 bits per heavy atom. The molecule has 3 heterocycles. The van der Waals surface area contributed by atoms with Gasteiger partial charge in [0, 0.05) is 11.6 Å². The van der Waals surface area contributed by atoms with Crippen LogP contribution in [0.2, 0.25) is 0 Å². The number of aryl methyl sites for hydroxylation is 2. The molecule has 0 saturated carbocycles. The average molecular weight is 445 g/mol. The molecule has 2 atom stereocenters. The number of aromatic nitrogens is 3. The summed E-state index contributed by atoms with van der Waals surface area (Å²) < 4.78 is 25.1. The molecule has 158 valence electrons. The number of amides is 1. The highest BCUT2D eigenvalue weighted by molar-refractivity contribution is 8.00. The number of sulfone groups is 1. The van der Waals surface area contributed by atoms with Crippen molar-refractivity contribution < 1.29 is 13.2 Å². The van der Waals surface area contributed by atoms with Crippen LogP contribution in [0.5, 0.6) is 0 Å². The average Bonchev–Trinajstić information content (AvgIpc) is 3.22. The minimum Gasteiger partial charge on any atom is -0.351 e. The van der Waals surface area contributed by atoms with Gasteiger partial charge in [-0.2, -0.15) is 5.10 Å². The van der Waals surface area contributed by atoms with Crippen molar-refractivity contribution in [1.82, 2.24) is 19.9 Å². The second kappa shape index (κ2) is 8.03. The minimum atomic E-state index is -3.04. The van der Waals surface area contributed by atoms with Crippen LogP contribution >= 0.6 is 11.8 Å². The lowest BCUT2D eigenvalue weighted by Crippen LogP contribution is -2.40. The summed E-state index contributed by atoms with van der Waals surface area (Å²) in [6, 6.07) is 11.6. The van der Waals surface area contributed by atoms with E-state index in [2.05, 4.69) is 10.4 Å². The summed E-state index contributed by atoms with van der Waals surface area (Å²) in [5.41, 5.74) is 4.67. The van der Waals surface area contributed by atoms with Crippen molar-refractivity contribution in [2.24, 2.45) is 0 Å². The second-order valence-electron chi connectivity index (χ2n) is 7.71. The van der Waals surface area contributed by atoms with Gasteiger partial charge in [0.25, 0.3) is 0 Å². The molecular weight excluding hydrogens is 420 g/mol. The van der Waals surface area contributed by atoms with Crippen LogP contribution in [0, 0.1) is 13.8 Å². The topological polar surface area (TPSA) is 93.4 Å². The number of benzene rings is 1. The van der Waals surface area contributed by atoms with Gasteiger partial charge in [-0.15, -0.1) is 0 Å². The van der Waals surface area contributed by atoms with E-state index >= 15 is 0 Å². The Morgan fingerprint density at radius 1 is 1.27 bits per heavy atom. The third-order valence-corrected chi connectivity index (χ3v) is 7.97. The molecule has 1 aliphatic heterocycles. The first-order valence-electron chi connectivity index (χ1n) is 9.83. The number of nitrogens with one attached hydrogen (secondary N) is 1. The number of carbonyl (C=O) groups is 1. The molecule has 4 rings (SSSR count). The minimum absolute atomic E-state index is 0.0144. The summed E-state index contributed by atoms with van der Waals surface area (Å²) in [7, 11) is -3.04. The fourth-order valence-electron chi connectivity index (χ4n) is 3.72. The van der Waals surface area contributed by atoms with Crippen molar-refractivity contribution in [2.45, 2.75) is 43.6 Å². The Morgan fingerprint density at radius 3 is 2.67 bits per heavy atom. The zero-order chi connectivity index (χ0) is 21.5. The van der Waals surface area contributed by atoms with Crippen LogP contribution in [0.3, 0.4) is 0 Å². The standard InChI is InChI=1S/C21H24N4O3S2/c1-13-11-14(2)24-25-19(13)18(16-7-5-4-6-8-16)23-21(25)29-15(3)20(26)22-17-9-10-30(27,28)12-17/h4-8,11,15,17H,9-10,12H2,1-3H3,(H,22,26)/t15-,17+/m0/s1. The van der Waals surface area contributed by atoms with Gasteiger partial charge in [0.2, 0.25) is 5.91 Å². The van der Waals surface area contributed by atoms with E-state index in [0.717, 1.165) is 28.0 Å². The molecule has 1 N–H and O–H groups in total. The molecule has 1 aliphatic rings. The van der Waals surface area contributed by atoms with Crippen LogP contribution in [-0.2, 0) is 14.6 Å². The molecule has 1 saturated heterocycles. The first-order chi connectivity index (χ1) is 14.2. The van der Waals surface area contributed by atoms with Crippen molar-refractivity contribution in [3.05, 3.63) is 47.7 Å². The molecule has 3 aromatic rings. The second-order valence-corrected chi connectivity index (χ2v) is 11.2. The maximum absolute atomic E-state index is 12.7. The molecule has 0 radical (unpaired) electrons. The van der Waals surface area contributed by atoms with Gasteiger partial charge in [0.1, 0.15) is 0 Å². The summed E-state index contributed by atoms with van der Waals surface area (Å²) in [5, 5.41) is 7.70. The molecule has 1 amide bonds. The van der Waals surface area contributed by atoms with Crippen molar-refractivity contribution in [3.63, 3.8) is 0 Å². The summed E-state index contributed by atoms with van der Waals surface area (Å²) in [5.74, 6) is -0.0437. The van der Waals surface area contributed by atoms with Crippen molar-refractivity contribution in [3.8, 4) is 11.3 Å². The Bertz CT molecular complexity index is 1210. The molecule has 1 fully saturated rings. The van der Waals surface area contributed by atoms with Crippen molar-refractivity contribution >= 4 is 33.0 Å². The van der Waals surface area contributed by atoms with E-state index in [1.807, 2.05) is 54.8 Å². The number of thioether (sulfide) groups is 1. The van der Waals surface area contributed by atoms with Crippen LogP contribution < -0.4 is 5.32 Å². The fraction of sp³-hybridized carbons (Fsp3) is 0.381. The summed E-state index contributed by atoms with van der Waals surface area (Å²) in [6.07, 6.45) is 0.468. The number of rotatable bonds is 5. The van der Waals surface area contributed by atoms with Gasteiger partial charge in [0.05, 0.1) is 33.7 Å². The van der Waals surface area contributed by atoms with Gasteiger partial charge in [-0.25, -0.2) is 17.9 Å². The molecule has 2 aromatic heterocycles. The smallest absolute Gasteiger partial charge is 0.233 e. The van der Waals surface area contributed by atoms with E-state index in [0.29, 0.717) is 11.6 Å². The monoisotopic (exact) mass is 444 g/mol. The lowest BCUT2D eigenvalue weighted by atomic mass is 10.1. The third-order valence-electron chi connectivity index (χ3n) is 5.16. The molecular formula is C21H24N4O3S2. The molecule has 0 unspecified atom stereocenters. The van der Waals surface area contributed by atoms with E-state index in [4.69, 9.17) is 4.98 Å². The van der Waals surface area contributed by atoms with Crippen LogP contribution in [0.1, 0.15) is 24.6 Å². The number of hydrogen-bond acceptors (Lipinski definition) is 6. The first-order valence-corrected chi connectivity index (χ1v) is 12.5. The third kappa shape index (κ3) is 4.22. The lowest BCUT2D eigenvalue weighted by molar-refractivity contribution is -0.120. The predicted molar refractivity (Wildman–Crippen MR) is 118 cm³/mol. The molecule has 7 nitrogen and oxygen atoms in total. The van der Waals surface area contributed by atoms with Gasteiger partial charge in [-0.1, -0.05) is 42.1 Å². The lowest BCUT2D eigenvalue weighted by Gasteiger charge is -2.15. The van der Waals surface area contributed by atoms with E-state index in [1.165, 1.54) is 11.8 Å². The molecule has 30 heavy (non-hydrogen) atoms. The van der Waals surface area contributed by atoms with Gasteiger partial charge < -0.3 is 5.32 Å². The number of carbonyl (C=O) groups excluding carboxylic acids is 1. The highest BCUT2D eigenvalue weighted by Gasteiger charge is 2.30. The normalized spacial score (nSPS) is 19.1. The van der Waals surface area contributed by atoms with Gasteiger partial charge in [0.15, 0.2) is 15.0 Å². The van der Waals surface area contributed by atoms with E-state index in [9.17, 15) is 13.2 Å². The van der Waals surface area contributed by atoms with Gasteiger partial charge in [-0.3, -0.25) is 4.79 Å². The highest BCUT2D eigenvalue weighted by atomic mass is 32.2. The first kappa shape index (κ1) is 20.9. The maximum Gasteiger partial charge on any atom is 0.233 e. The van der Waals surface area contributed by atoms with Gasteiger partial charge >= 0.3 is 0 Å². The predicted octanol–water partition coefficient (Wildman–Crippen LogP) is 2.80. The van der Waals surface area contributed by atoms with Crippen molar-refractivity contribution in [2.75, 3.05) is 11.5 Å². The largest absolute Gasteiger partial charge is 0.351 e. The van der Waals surface area contributed by atoms with Crippen LogP contribution in [0.25, 0.3) is 16.8 Å². The van der Waals surface area contributed by atoms with Crippen LogP contribution in [0.15, 0.2) is 41.6 Å². The number of imidazole rings is 1. The van der Waals surface area contributed by atoms with E-state index < -0.39 is 15.1 Å². The van der Waals surface area contributed by atoms with E-state index in [-0.39, 0.29) is 23.5 Å². The van der Waals surface area contributed by atoms with Gasteiger partial charge in [-0.05, 0) is 38.8 Å². The highest BCUT2D eigenvalue weighted by Crippen LogP contribution is 2.32. The fourth-order valence-corrected chi connectivity index (χ4v) is 6.26. The Labute approximate surface area is 180 Å². The summed E-state index contributed by atoms with van der Waals surface area (Å²) in [6.45, 7) is 5.76. The summed E-state index contributed by atoms with van der Waals surface area (Å²) >= 11 is 1.33. The molecule has 0 bridgehead atoms.